The number of aromatic nitrogens is 3. The summed E-state index contributed by atoms with van der Waals surface area (Å²) in [4.78, 5) is 41.5. The number of hydrogen-bond acceptors (Lipinski definition) is 7. The summed E-state index contributed by atoms with van der Waals surface area (Å²) in [6.45, 7) is 1.78. The molecule has 2 amide bonds. The zero-order valence-corrected chi connectivity index (χ0v) is 24.1. The van der Waals surface area contributed by atoms with Crippen LogP contribution in [0.1, 0.15) is 21.3 Å². The molecule has 0 fully saturated rings. The van der Waals surface area contributed by atoms with Gasteiger partial charge in [-0.3, -0.25) is 9.78 Å². The summed E-state index contributed by atoms with van der Waals surface area (Å²) >= 11 is 14.2. The third-order valence-electron chi connectivity index (χ3n) is 5.51. The van der Waals surface area contributed by atoms with Gasteiger partial charge in [0.05, 0.1) is 28.5 Å². The highest BCUT2D eigenvalue weighted by Gasteiger charge is 2.18. The van der Waals surface area contributed by atoms with Crippen LogP contribution in [0.4, 0.5) is 16.2 Å². The van der Waals surface area contributed by atoms with Gasteiger partial charge in [-0.05, 0) is 42.3 Å². The SMILES string of the molecule is COC(=O)c1ccc(-c2cccc(-c3cc(NC(=O)Nc4c(Cl)cncc4Cl)c(=O)n(C(C)I)n3)c2)cc1O. The highest BCUT2D eigenvalue weighted by atomic mass is 127. The first-order valence-electron chi connectivity index (χ1n) is 11.3. The van der Waals surface area contributed by atoms with Crippen LogP contribution in [0.25, 0.3) is 22.4 Å². The van der Waals surface area contributed by atoms with Gasteiger partial charge in [0.2, 0.25) is 0 Å². The Labute approximate surface area is 246 Å². The maximum absolute atomic E-state index is 13.1. The lowest BCUT2D eigenvalue weighted by Gasteiger charge is -2.15. The number of alkyl halides is 1. The fourth-order valence-corrected chi connectivity index (χ4v) is 4.47. The Morgan fingerprint density at radius 3 is 2.33 bits per heavy atom. The minimum absolute atomic E-state index is 0.0206. The van der Waals surface area contributed by atoms with Gasteiger partial charge in [-0.15, -0.1) is 0 Å². The third-order valence-corrected chi connectivity index (χ3v) is 6.61. The molecule has 4 aromatic rings. The Hall–Kier alpha value is -3.68. The van der Waals surface area contributed by atoms with Gasteiger partial charge in [-0.1, -0.05) is 70.1 Å². The van der Waals surface area contributed by atoms with E-state index in [0.717, 1.165) is 5.56 Å². The van der Waals surface area contributed by atoms with Crippen LogP contribution < -0.4 is 16.2 Å². The zero-order valence-electron chi connectivity index (χ0n) is 20.4. The number of pyridine rings is 1. The summed E-state index contributed by atoms with van der Waals surface area (Å²) in [5, 5.41) is 20.2. The number of nitrogens with zero attached hydrogens (tertiary/aromatic N) is 3. The maximum atomic E-state index is 13.1. The lowest BCUT2D eigenvalue weighted by molar-refractivity contribution is 0.0597. The van der Waals surface area contributed by atoms with Crippen LogP contribution in [0, 0.1) is 0 Å². The molecular formula is C26H20Cl2IN5O5. The van der Waals surface area contributed by atoms with Crippen molar-refractivity contribution < 1.29 is 19.4 Å². The molecule has 0 saturated carbocycles. The summed E-state index contributed by atoms with van der Waals surface area (Å²) < 4.78 is 5.59. The van der Waals surface area contributed by atoms with Crippen molar-refractivity contribution in [1.29, 1.82) is 0 Å². The molecule has 200 valence electrons. The molecule has 0 radical (unpaired) electrons. The van der Waals surface area contributed by atoms with Crippen molar-refractivity contribution in [1.82, 2.24) is 14.8 Å². The monoisotopic (exact) mass is 679 g/mol. The van der Waals surface area contributed by atoms with E-state index in [4.69, 9.17) is 23.2 Å². The van der Waals surface area contributed by atoms with Crippen LogP contribution >= 0.6 is 45.8 Å². The summed E-state index contributed by atoms with van der Waals surface area (Å²) in [6.07, 6.45) is 2.65. The Balaban J connectivity index is 1.70. The van der Waals surface area contributed by atoms with Crippen molar-refractivity contribution in [3.63, 3.8) is 0 Å². The zero-order chi connectivity index (χ0) is 28.3. The second-order valence-corrected chi connectivity index (χ2v) is 10.7. The number of hydrogen-bond donors (Lipinski definition) is 3. The number of aromatic hydroxyl groups is 1. The van der Waals surface area contributed by atoms with Gasteiger partial charge in [0, 0.05) is 18.0 Å². The number of urea groups is 1. The summed E-state index contributed by atoms with van der Waals surface area (Å²) in [5.41, 5.74) is 2.07. The number of carbonyl (C=O) groups excluding carboxylic acids is 2. The second-order valence-electron chi connectivity index (χ2n) is 8.13. The van der Waals surface area contributed by atoms with Gasteiger partial charge in [-0.25, -0.2) is 14.3 Å². The molecule has 0 bridgehead atoms. The molecule has 13 heteroatoms. The fraction of sp³-hybridized carbons (Fsp3) is 0.115. The Bertz CT molecular complexity index is 1620. The summed E-state index contributed by atoms with van der Waals surface area (Å²) in [5.74, 6) is -0.869. The number of esters is 1. The van der Waals surface area contributed by atoms with E-state index >= 15 is 0 Å². The van der Waals surface area contributed by atoms with Crippen LogP contribution in [0.15, 0.2) is 65.7 Å². The predicted molar refractivity (Wildman–Crippen MR) is 158 cm³/mol. The number of methoxy groups -OCH3 is 1. The molecule has 2 heterocycles. The summed E-state index contributed by atoms with van der Waals surface area (Å²) in [6, 6.07) is 12.5. The van der Waals surface area contributed by atoms with Gasteiger partial charge >= 0.3 is 12.0 Å². The lowest BCUT2D eigenvalue weighted by Crippen LogP contribution is -2.30. The normalized spacial score (nSPS) is 11.5. The van der Waals surface area contributed by atoms with Gasteiger partial charge < -0.3 is 20.5 Å². The fourth-order valence-electron chi connectivity index (χ4n) is 3.63. The molecule has 0 aliphatic carbocycles. The molecule has 10 nitrogen and oxygen atoms in total. The molecule has 1 unspecified atom stereocenters. The minimum atomic E-state index is -0.734. The number of phenols is 1. The van der Waals surface area contributed by atoms with E-state index in [2.05, 4.69) is 25.5 Å². The van der Waals surface area contributed by atoms with E-state index in [1.165, 1.54) is 42.4 Å². The molecule has 0 spiro atoms. The number of ether oxygens (including phenoxy) is 1. The minimum Gasteiger partial charge on any atom is -0.507 e. The number of rotatable bonds is 6. The number of phenolic OH excluding ortho intramolecular Hbond substituents is 1. The average Bonchev–Trinajstić information content (AvgIpc) is 2.91. The molecule has 4 rings (SSSR count). The molecular weight excluding hydrogens is 660 g/mol. The molecule has 0 aliphatic heterocycles. The Morgan fingerprint density at radius 1 is 1.03 bits per heavy atom. The molecule has 39 heavy (non-hydrogen) atoms. The quantitative estimate of drug-likeness (QED) is 0.122. The van der Waals surface area contributed by atoms with E-state index < -0.39 is 17.6 Å². The average molecular weight is 680 g/mol. The highest BCUT2D eigenvalue weighted by molar-refractivity contribution is 14.1. The van der Waals surface area contributed by atoms with Gasteiger partial charge in [-0.2, -0.15) is 5.10 Å². The molecule has 0 aliphatic rings. The van der Waals surface area contributed by atoms with Gasteiger partial charge in [0.15, 0.2) is 0 Å². The largest absolute Gasteiger partial charge is 0.507 e. The number of nitrogens with one attached hydrogen (secondary N) is 2. The van der Waals surface area contributed by atoms with Crippen LogP contribution in [-0.4, -0.2) is 39.0 Å². The second kappa shape index (κ2) is 12.0. The number of anilines is 2. The van der Waals surface area contributed by atoms with Crippen LogP contribution in [-0.2, 0) is 4.74 Å². The van der Waals surface area contributed by atoms with E-state index in [1.807, 2.05) is 34.7 Å². The predicted octanol–water partition coefficient (Wildman–Crippen LogP) is 6.37. The topological polar surface area (TPSA) is 135 Å². The lowest BCUT2D eigenvalue weighted by atomic mass is 10.00. The molecule has 3 N–H and O–H groups in total. The van der Waals surface area contributed by atoms with Gasteiger partial charge in [0.1, 0.15) is 21.0 Å². The van der Waals surface area contributed by atoms with Crippen LogP contribution in [0.3, 0.4) is 0 Å². The standard InChI is InChI=1S/C26H20Cl2IN5O5/c1-13(29)34-24(36)21(31-26(38)32-23-18(27)11-30-12-19(23)28)10-20(33-34)16-5-3-4-14(8-16)15-6-7-17(22(35)9-15)25(37)39-2/h3-13,35H,1-2H3,(H2,30,31,32,38). The highest BCUT2D eigenvalue weighted by Crippen LogP contribution is 2.31. The van der Waals surface area contributed by atoms with E-state index in [0.29, 0.717) is 16.8 Å². The number of halogens is 3. The van der Waals surface area contributed by atoms with E-state index in [-0.39, 0.29) is 36.8 Å². The smallest absolute Gasteiger partial charge is 0.341 e. The molecule has 1 atom stereocenters. The Morgan fingerprint density at radius 2 is 1.69 bits per heavy atom. The third kappa shape index (κ3) is 6.32. The van der Waals surface area contributed by atoms with Crippen molar-refractivity contribution in [3.05, 3.63) is 86.9 Å². The van der Waals surface area contributed by atoms with Crippen molar-refractivity contribution >= 4 is 69.2 Å². The van der Waals surface area contributed by atoms with E-state index in [9.17, 15) is 19.5 Å². The van der Waals surface area contributed by atoms with Crippen LogP contribution in [0.2, 0.25) is 10.0 Å². The van der Waals surface area contributed by atoms with Gasteiger partial charge in [0.25, 0.3) is 5.56 Å². The van der Waals surface area contributed by atoms with Crippen molar-refractivity contribution in [3.8, 4) is 28.1 Å². The van der Waals surface area contributed by atoms with E-state index in [1.54, 1.807) is 25.1 Å². The molecule has 2 aromatic carbocycles. The molecule has 0 saturated heterocycles. The first kappa shape index (κ1) is 28.3. The maximum Gasteiger partial charge on any atom is 0.341 e. The number of carbonyl (C=O) groups is 2. The molecule has 2 aromatic heterocycles. The summed E-state index contributed by atoms with van der Waals surface area (Å²) in [7, 11) is 1.23. The first-order valence-corrected chi connectivity index (χ1v) is 13.3. The van der Waals surface area contributed by atoms with Crippen LogP contribution in [0.5, 0.6) is 5.75 Å². The number of amides is 2. The van der Waals surface area contributed by atoms with Crippen molar-refractivity contribution in [2.75, 3.05) is 17.7 Å². The van der Waals surface area contributed by atoms with Crippen molar-refractivity contribution in [2.45, 2.75) is 11.0 Å². The Kier molecular flexibility index (Phi) is 8.73. The van der Waals surface area contributed by atoms with Crippen molar-refractivity contribution in [2.24, 2.45) is 0 Å². The first-order chi connectivity index (χ1) is 18.6. The number of benzene rings is 2.